The molecule has 0 fully saturated rings. The lowest BCUT2D eigenvalue weighted by molar-refractivity contribution is 0.381. The van der Waals surface area contributed by atoms with Crippen LogP contribution >= 0.6 is 0 Å². The van der Waals surface area contributed by atoms with Crippen molar-refractivity contribution >= 4 is 10.0 Å². The van der Waals surface area contributed by atoms with Crippen molar-refractivity contribution in [2.24, 2.45) is 0 Å². The molecule has 7 nitrogen and oxygen atoms in total. The molecule has 8 heteroatoms. The van der Waals surface area contributed by atoms with Gasteiger partial charge >= 0.3 is 5.76 Å². The quantitative estimate of drug-likeness (QED) is 0.845. The number of hydrogen-bond acceptors (Lipinski definition) is 5. The fraction of sp³-hybridized carbons (Fsp3) is 0.429. The van der Waals surface area contributed by atoms with Crippen molar-refractivity contribution in [3.05, 3.63) is 45.7 Å². The van der Waals surface area contributed by atoms with Crippen LogP contribution in [0.3, 0.4) is 0 Å². The average molecular weight is 323 g/mol. The van der Waals surface area contributed by atoms with E-state index in [1.54, 1.807) is 12.1 Å². The number of hydrogen-bond donors (Lipinski definition) is 2. The highest BCUT2D eigenvalue weighted by molar-refractivity contribution is 7.89. The zero-order valence-corrected chi connectivity index (χ0v) is 12.8. The highest BCUT2D eigenvalue weighted by atomic mass is 32.2. The maximum absolute atomic E-state index is 12.3. The molecule has 0 radical (unpaired) electrons. The predicted octanol–water partition coefficient (Wildman–Crippen LogP) is 0.763. The van der Waals surface area contributed by atoms with Gasteiger partial charge in [0.1, 0.15) is 0 Å². The van der Waals surface area contributed by atoms with Crippen LogP contribution in [0.25, 0.3) is 0 Å². The summed E-state index contributed by atoms with van der Waals surface area (Å²) >= 11 is 0. The standard InChI is InChI=1S/C14H17N3O4S/c18-14-16-13(17-21-14)7-8-15-22(19,20)12-6-5-10-3-1-2-4-11(10)9-12/h5-6,9,15H,1-4,7-8H2,(H,16,17,18). The summed E-state index contributed by atoms with van der Waals surface area (Å²) in [6.45, 7) is 0.141. The van der Waals surface area contributed by atoms with Crippen LogP contribution in [0, 0.1) is 0 Å². The van der Waals surface area contributed by atoms with E-state index in [1.165, 1.54) is 5.56 Å². The minimum Gasteiger partial charge on any atom is -0.296 e. The lowest BCUT2D eigenvalue weighted by Gasteiger charge is -2.16. The highest BCUT2D eigenvalue weighted by Crippen LogP contribution is 2.23. The molecule has 2 N–H and O–H groups in total. The molecule has 0 saturated heterocycles. The number of aryl methyl sites for hydroxylation is 2. The van der Waals surface area contributed by atoms with Crippen molar-refractivity contribution in [3.8, 4) is 0 Å². The first-order chi connectivity index (χ1) is 10.5. The van der Waals surface area contributed by atoms with Gasteiger partial charge in [-0.15, -0.1) is 0 Å². The van der Waals surface area contributed by atoms with Gasteiger partial charge in [-0.1, -0.05) is 11.2 Å². The number of nitrogens with zero attached hydrogens (tertiary/aromatic N) is 1. The summed E-state index contributed by atoms with van der Waals surface area (Å²) in [4.78, 5) is 13.4. The minimum absolute atomic E-state index is 0.141. The fourth-order valence-corrected chi connectivity index (χ4v) is 3.71. The first kappa shape index (κ1) is 15.0. The van der Waals surface area contributed by atoms with E-state index in [0.29, 0.717) is 5.82 Å². The van der Waals surface area contributed by atoms with Crippen LogP contribution in [-0.4, -0.2) is 25.1 Å². The molecule has 0 aliphatic heterocycles. The van der Waals surface area contributed by atoms with Gasteiger partial charge in [-0.05, 0) is 48.9 Å². The van der Waals surface area contributed by atoms with Crippen molar-refractivity contribution in [2.45, 2.75) is 37.0 Å². The summed E-state index contributed by atoms with van der Waals surface area (Å²) in [6.07, 6.45) is 4.47. The Morgan fingerprint density at radius 2 is 2.00 bits per heavy atom. The molecule has 0 atom stereocenters. The van der Waals surface area contributed by atoms with Crippen LogP contribution in [0.2, 0.25) is 0 Å². The number of aromatic nitrogens is 2. The molecule has 1 aromatic heterocycles. The van der Waals surface area contributed by atoms with Crippen LogP contribution in [0.4, 0.5) is 0 Å². The Morgan fingerprint density at radius 3 is 2.73 bits per heavy atom. The van der Waals surface area contributed by atoms with E-state index >= 15 is 0 Å². The molecule has 1 aliphatic carbocycles. The van der Waals surface area contributed by atoms with Gasteiger partial charge in [0.15, 0.2) is 5.82 Å². The van der Waals surface area contributed by atoms with Crippen molar-refractivity contribution in [1.29, 1.82) is 0 Å². The molecule has 0 amide bonds. The summed E-state index contributed by atoms with van der Waals surface area (Å²) in [5.74, 6) is -0.328. The lowest BCUT2D eigenvalue weighted by atomic mass is 9.92. The smallest absolute Gasteiger partial charge is 0.296 e. The summed E-state index contributed by atoms with van der Waals surface area (Å²) in [7, 11) is -3.56. The Bertz CT molecular complexity index is 823. The maximum atomic E-state index is 12.3. The Kier molecular flexibility index (Phi) is 4.12. The van der Waals surface area contributed by atoms with Gasteiger partial charge in [0.05, 0.1) is 4.90 Å². The van der Waals surface area contributed by atoms with Gasteiger partial charge in [-0.3, -0.25) is 9.51 Å². The zero-order valence-electron chi connectivity index (χ0n) is 12.0. The van der Waals surface area contributed by atoms with Crippen LogP contribution in [0.1, 0.15) is 29.8 Å². The molecule has 1 heterocycles. The second-order valence-corrected chi connectivity index (χ2v) is 7.09. The largest absolute Gasteiger partial charge is 0.438 e. The van der Waals surface area contributed by atoms with Crippen LogP contribution < -0.4 is 10.5 Å². The van der Waals surface area contributed by atoms with Crippen LogP contribution in [-0.2, 0) is 29.3 Å². The van der Waals surface area contributed by atoms with Crippen molar-refractivity contribution in [3.63, 3.8) is 0 Å². The number of nitrogens with one attached hydrogen (secondary N) is 2. The molecule has 0 bridgehead atoms. The van der Waals surface area contributed by atoms with Gasteiger partial charge < -0.3 is 0 Å². The highest BCUT2D eigenvalue weighted by Gasteiger charge is 2.17. The molecular weight excluding hydrogens is 306 g/mol. The molecule has 2 aromatic rings. The normalized spacial score (nSPS) is 14.7. The number of rotatable bonds is 5. The molecule has 1 aliphatic rings. The van der Waals surface area contributed by atoms with E-state index in [9.17, 15) is 13.2 Å². The third-order valence-electron chi connectivity index (χ3n) is 3.77. The number of benzene rings is 1. The molecule has 0 saturated carbocycles. The van der Waals surface area contributed by atoms with Gasteiger partial charge in [0.2, 0.25) is 10.0 Å². The fourth-order valence-electron chi connectivity index (χ4n) is 2.63. The van der Waals surface area contributed by atoms with Crippen molar-refractivity contribution < 1.29 is 12.9 Å². The summed E-state index contributed by atoms with van der Waals surface area (Å²) in [5, 5.41) is 3.49. The van der Waals surface area contributed by atoms with E-state index in [-0.39, 0.29) is 17.9 Å². The van der Waals surface area contributed by atoms with Crippen molar-refractivity contribution in [2.75, 3.05) is 6.54 Å². The molecule has 22 heavy (non-hydrogen) atoms. The van der Waals surface area contributed by atoms with Gasteiger partial charge in [-0.2, -0.15) is 0 Å². The molecular formula is C14H17N3O4S. The lowest BCUT2D eigenvalue weighted by Crippen LogP contribution is -2.26. The second kappa shape index (κ2) is 6.05. The van der Waals surface area contributed by atoms with Crippen LogP contribution in [0.15, 0.2) is 32.4 Å². The number of fused-ring (bicyclic) bond motifs is 1. The Hall–Kier alpha value is -1.93. The van der Waals surface area contributed by atoms with Gasteiger partial charge in [-0.25, -0.2) is 17.9 Å². The van der Waals surface area contributed by atoms with E-state index in [1.807, 2.05) is 6.07 Å². The minimum atomic E-state index is -3.56. The topological polar surface area (TPSA) is 105 Å². The third kappa shape index (κ3) is 3.28. The van der Waals surface area contributed by atoms with Gasteiger partial charge in [0, 0.05) is 13.0 Å². The first-order valence-electron chi connectivity index (χ1n) is 7.21. The van der Waals surface area contributed by atoms with Crippen LogP contribution in [0.5, 0.6) is 0 Å². The van der Waals surface area contributed by atoms with Gasteiger partial charge in [0.25, 0.3) is 0 Å². The molecule has 0 unspecified atom stereocenters. The number of sulfonamides is 1. The molecule has 0 spiro atoms. The maximum Gasteiger partial charge on any atom is 0.438 e. The van der Waals surface area contributed by atoms with E-state index in [2.05, 4.69) is 19.4 Å². The monoisotopic (exact) mass is 323 g/mol. The zero-order chi connectivity index (χ0) is 15.6. The molecule has 1 aromatic carbocycles. The Morgan fingerprint density at radius 1 is 1.23 bits per heavy atom. The Balaban J connectivity index is 1.68. The Labute approximate surface area is 127 Å². The summed E-state index contributed by atoms with van der Waals surface area (Å²) in [5.41, 5.74) is 2.36. The third-order valence-corrected chi connectivity index (χ3v) is 5.23. The average Bonchev–Trinajstić information content (AvgIpc) is 2.92. The SMILES string of the molecule is O=c1[nH]c(CCNS(=O)(=O)c2ccc3c(c2)CCCC3)no1. The van der Waals surface area contributed by atoms with E-state index in [4.69, 9.17) is 0 Å². The number of aromatic amines is 1. The van der Waals surface area contributed by atoms with Crippen molar-refractivity contribution in [1.82, 2.24) is 14.9 Å². The first-order valence-corrected chi connectivity index (χ1v) is 8.69. The number of H-pyrrole nitrogens is 1. The molecule has 118 valence electrons. The summed E-state index contributed by atoms with van der Waals surface area (Å²) in [6, 6.07) is 5.30. The summed E-state index contributed by atoms with van der Waals surface area (Å²) < 4.78 is 31.4. The van der Waals surface area contributed by atoms with E-state index < -0.39 is 15.8 Å². The predicted molar refractivity (Wildman–Crippen MR) is 79.1 cm³/mol. The molecule has 3 rings (SSSR count). The second-order valence-electron chi connectivity index (χ2n) is 5.33. The van der Waals surface area contributed by atoms with E-state index in [0.717, 1.165) is 31.2 Å².